The van der Waals surface area contributed by atoms with E-state index in [2.05, 4.69) is 163 Å². The van der Waals surface area contributed by atoms with Crippen LogP contribution < -0.4 is 4.90 Å². The highest BCUT2D eigenvalue weighted by Crippen LogP contribution is 2.44. The number of fused-ring (bicyclic) bond motifs is 6. The van der Waals surface area contributed by atoms with E-state index in [1.54, 1.807) is 11.3 Å². The number of hydrogen-bond donors (Lipinski definition) is 0. The highest BCUT2D eigenvalue weighted by molar-refractivity contribution is 7.25. The molecule has 216 valence electrons. The second-order valence-electron chi connectivity index (χ2n) is 11.6. The lowest BCUT2D eigenvalue weighted by Gasteiger charge is -2.27. The van der Waals surface area contributed by atoms with E-state index in [9.17, 15) is 0 Å². The van der Waals surface area contributed by atoms with Crippen LogP contribution in [0.3, 0.4) is 0 Å². The molecule has 0 saturated heterocycles. The van der Waals surface area contributed by atoms with E-state index in [1.807, 2.05) is 12.3 Å². The van der Waals surface area contributed by atoms with Gasteiger partial charge in [0, 0.05) is 27.7 Å². The zero-order chi connectivity index (χ0) is 30.5. The molecular weight excluding hydrogens is 577 g/mol. The van der Waals surface area contributed by atoms with Crippen LogP contribution in [0.25, 0.3) is 64.1 Å². The monoisotopic (exact) mass is 604 g/mol. The van der Waals surface area contributed by atoms with Crippen molar-refractivity contribution in [1.29, 1.82) is 0 Å². The van der Waals surface area contributed by atoms with Gasteiger partial charge in [-0.15, -0.1) is 11.3 Å². The summed E-state index contributed by atoms with van der Waals surface area (Å²) in [5.41, 5.74) is 9.19. The van der Waals surface area contributed by atoms with Gasteiger partial charge in [0.25, 0.3) is 0 Å². The van der Waals surface area contributed by atoms with Crippen molar-refractivity contribution < 1.29 is 0 Å². The van der Waals surface area contributed by atoms with Gasteiger partial charge in [-0.2, -0.15) is 0 Å². The summed E-state index contributed by atoms with van der Waals surface area (Å²) in [6, 6.07) is 59.0. The van der Waals surface area contributed by atoms with Crippen LogP contribution >= 0.6 is 11.3 Å². The molecule has 0 atom stereocenters. The van der Waals surface area contributed by atoms with Crippen molar-refractivity contribution in [1.82, 2.24) is 4.98 Å². The minimum atomic E-state index is 1.05. The number of aromatic nitrogens is 1. The fraction of sp³-hybridized carbons (Fsp3) is 0. The minimum absolute atomic E-state index is 1.05. The van der Waals surface area contributed by atoms with Crippen molar-refractivity contribution in [2.45, 2.75) is 0 Å². The van der Waals surface area contributed by atoms with E-state index in [4.69, 9.17) is 4.98 Å². The Labute approximate surface area is 271 Å². The molecule has 46 heavy (non-hydrogen) atoms. The molecule has 0 bridgehead atoms. The summed E-state index contributed by atoms with van der Waals surface area (Å²) in [6.45, 7) is 0. The zero-order valence-corrected chi connectivity index (χ0v) is 25.8. The molecule has 0 spiro atoms. The first-order valence-electron chi connectivity index (χ1n) is 15.5. The molecule has 0 aliphatic rings. The Hall–Kier alpha value is -5.77. The molecule has 0 amide bonds. The Morgan fingerprint density at radius 2 is 1.07 bits per heavy atom. The maximum atomic E-state index is 4.83. The van der Waals surface area contributed by atoms with Gasteiger partial charge in [0.15, 0.2) is 0 Å². The van der Waals surface area contributed by atoms with Gasteiger partial charge in [-0.3, -0.25) is 4.98 Å². The molecule has 2 heterocycles. The average Bonchev–Trinajstić information content (AvgIpc) is 3.52. The minimum Gasteiger partial charge on any atom is -0.310 e. The number of thiophene rings is 1. The molecular formula is C43H28N2S. The van der Waals surface area contributed by atoms with E-state index in [0.717, 1.165) is 22.6 Å². The van der Waals surface area contributed by atoms with Gasteiger partial charge >= 0.3 is 0 Å². The number of pyridine rings is 1. The summed E-state index contributed by atoms with van der Waals surface area (Å²) in [5, 5.41) is 6.28. The predicted octanol–water partition coefficient (Wildman–Crippen LogP) is 12.6. The Kier molecular flexibility index (Phi) is 6.36. The summed E-state index contributed by atoms with van der Waals surface area (Å²) in [6.07, 6.45) is 1.89. The van der Waals surface area contributed by atoms with Crippen LogP contribution in [0, 0.1) is 0 Å². The first-order valence-corrected chi connectivity index (χ1v) is 16.4. The van der Waals surface area contributed by atoms with E-state index < -0.39 is 0 Å². The molecule has 0 fully saturated rings. The van der Waals surface area contributed by atoms with E-state index in [1.165, 1.54) is 58.6 Å². The first-order chi connectivity index (χ1) is 22.8. The maximum Gasteiger partial charge on any atom is 0.0909 e. The van der Waals surface area contributed by atoms with Crippen LogP contribution in [0.15, 0.2) is 170 Å². The number of rotatable bonds is 5. The summed E-state index contributed by atoms with van der Waals surface area (Å²) in [4.78, 5) is 7.20. The third kappa shape index (κ3) is 4.52. The first kappa shape index (κ1) is 26.6. The third-order valence-electron chi connectivity index (χ3n) is 8.91. The maximum absolute atomic E-state index is 4.83. The third-order valence-corrected chi connectivity index (χ3v) is 10.0. The molecule has 2 aromatic heterocycles. The van der Waals surface area contributed by atoms with Crippen LogP contribution in [0.5, 0.6) is 0 Å². The van der Waals surface area contributed by atoms with Crippen LogP contribution in [0.4, 0.5) is 17.1 Å². The molecule has 7 aromatic carbocycles. The lowest BCUT2D eigenvalue weighted by molar-refractivity contribution is 1.30. The molecule has 0 saturated carbocycles. The lowest BCUT2D eigenvalue weighted by atomic mass is 9.97. The number of hydrogen-bond acceptors (Lipinski definition) is 3. The summed E-state index contributed by atoms with van der Waals surface area (Å²) >= 11 is 1.80. The molecule has 0 aliphatic carbocycles. The van der Waals surface area contributed by atoms with Gasteiger partial charge in [0.05, 0.1) is 15.9 Å². The van der Waals surface area contributed by atoms with E-state index >= 15 is 0 Å². The Bertz CT molecular complexity index is 2510. The quantitative estimate of drug-likeness (QED) is 0.182. The molecule has 9 aromatic rings. The molecule has 9 rings (SSSR count). The standard InChI is InChI=1S/C43H28N2S/c1-2-8-29(9-3-1)30-17-22-35(23-18-30)45(39-12-6-13-40-42(39)43-41(46-40)14-7-27-44-43)36-24-19-31(20-25-36)33-21-26-38-34(28-33)16-15-32-10-4-5-11-37(32)38/h1-28H. The topological polar surface area (TPSA) is 16.1 Å². The summed E-state index contributed by atoms with van der Waals surface area (Å²) in [5.74, 6) is 0. The zero-order valence-electron chi connectivity index (χ0n) is 25.0. The molecule has 0 radical (unpaired) electrons. The van der Waals surface area contributed by atoms with Crippen molar-refractivity contribution in [2.75, 3.05) is 4.90 Å². The second kappa shape index (κ2) is 11.0. The molecule has 2 nitrogen and oxygen atoms in total. The lowest BCUT2D eigenvalue weighted by Crippen LogP contribution is -2.10. The van der Waals surface area contributed by atoms with E-state index in [0.29, 0.717) is 0 Å². The van der Waals surface area contributed by atoms with Gasteiger partial charge in [-0.1, -0.05) is 109 Å². The molecule has 0 unspecified atom stereocenters. The SMILES string of the molecule is c1ccc(-c2ccc(N(c3ccc(-c4ccc5c(ccc6ccccc65)c4)cc3)c3cccc4sc5cccnc5c34)cc2)cc1. The van der Waals surface area contributed by atoms with Crippen LogP contribution in [0.2, 0.25) is 0 Å². The molecule has 3 heteroatoms. The fourth-order valence-electron chi connectivity index (χ4n) is 6.66. The van der Waals surface area contributed by atoms with Gasteiger partial charge < -0.3 is 4.90 Å². The van der Waals surface area contributed by atoms with Gasteiger partial charge in [0.2, 0.25) is 0 Å². The Morgan fingerprint density at radius 1 is 0.435 bits per heavy atom. The van der Waals surface area contributed by atoms with Crippen LogP contribution in [0.1, 0.15) is 0 Å². The summed E-state index contributed by atoms with van der Waals surface area (Å²) < 4.78 is 2.43. The van der Waals surface area contributed by atoms with Crippen molar-refractivity contribution in [2.24, 2.45) is 0 Å². The van der Waals surface area contributed by atoms with Crippen molar-refractivity contribution in [3.63, 3.8) is 0 Å². The van der Waals surface area contributed by atoms with E-state index in [-0.39, 0.29) is 0 Å². The van der Waals surface area contributed by atoms with Crippen LogP contribution in [-0.2, 0) is 0 Å². The molecule has 0 N–H and O–H groups in total. The van der Waals surface area contributed by atoms with Gasteiger partial charge in [0.1, 0.15) is 0 Å². The normalized spacial score (nSPS) is 11.5. The van der Waals surface area contributed by atoms with Crippen molar-refractivity contribution >= 4 is 70.2 Å². The summed E-state index contributed by atoms with van der Waals surface area (Å²) in [7, 11) is 0. The Balaban J connectivity index is 1.17. The van der Waals surface area contributed by atoms with Crippen LogP contribution in [-0.4, -0.2) is 4.98 Å². The smallest absolute Gasteiger partial charge is 0.0909 e. The number of anilines is 3. The van der Waals surface area contributed by atoms with Crippen molar-refractivity contribution in [3.05, 3.63) is 170 Å². The largest absolute Gasteiger partial charge is 0.310 e. The highest BCUT2D eigenvalue weighted by atomic mass is 32.1. The van der Waals surface area contributed by atoms with Gasteiger partial charge in [-0.05, 0) is 98.4 Å². The molecule has 0 aliphatic heterocycles. The van der Waals surface area contributed by atoms with Crippen molar-refractivity contribution in [3.8, 4) is 22.3 Å². The Morgan fingerprint density at radius 3 is 1.87 bits per heavy atom. The number of nitrogens with zero attached hydrogens (tertiary/aromatic N) is 2. The number of benzene rings is 7. The highest BCUT2D eigenvalue weighted by Gasteiger charge is 2.19. The average molecular weight is 605 g/mol. The predicted molar refractivity (Wildman–Crippen MR) is 198 cm³/mol. The van der Waals surface area contributed by atoms with Gasteiger partial charge in [-0.25, -0.2) is 0 Å². The second-order valence-corrected chi connectivity index (χ2v) is 12.7. The fourth-order valence-corrected chi connectivity index (χ4v) is 7.75.